The number of hydrogen-bond acceptors (Lipinski definition) is 4. The summed E-state index contributed by atoms with van der Waals surface area (Å²) in [6.45, 7) is 1.19. The van der Waals surface area contributed by atoms with Crippen LogP contribution < -0.4 is 16.2 Å². The molecule has 1 saturated heterocycles. The number of nitrogens with one attached hydrogen (secondary N) is 3. The molecule has 1 amide bonds. The molecule has 1 aliphatic heterocycles. The summed E-state index contributed by atoms with van der Waals surface area (Å²) in [4.78, 5) is 24.8. The van der Waals surface area contributed by atoms with Gasteiger partial charge in [-0.2, -0.15) is 5.10 Å². The van der Waals surface area contributed by atoms with Crippen LogP contribution >= 0.6 is 12.4 Å². The molecule has 3 aromatic rings. The van der Waals surface area contributed by atoms with E-state index in [2.05, 4.69) is 20.8 Å². The second kappa shape index (κ2) is 8.67. The highest BCUT2D eigenvalue weighted by molar-refractivity contribution is 6.04. The molecule has 0 saturated carbocycles. The van der Waals surface area contributed by atoms with Crippen molar-refractivity contribution in [3.8, 4) is 0 Å². The first-order chi connectivity index (χ1) is 13.5. The highest BCUT2D eigenvalue weighted by Crippen LogP contribution is 2.27. The Labute approximate surface area is 171 Å². The van der Waals surface area contributed by atoms with E-state index in [0.29, 0.717) is 35.8 Å². The summed E-state index contributed by atoms with van der Waals surface area (Å²) < 4.78 is 27.0. The lowest BCUT2D eigenvalue weighted by molar-refractivity contribution is 0.0920. The number of H-pyrrole nitrogens is 1. The van der Waals surface area contributed by atoms with Crippen molar-refractivity contribution >= 4 is 29.1 Å². The van der Waals surface area contributed by atoms with Gasteiger partial charge in [0.1, 0.15) is 0 Å². The van der Waals surface area contributed by atoms with Crippen LogP contribution in [0.5, 0.6) is 0 Å². The zero-order chi connectivity index (χ0) is 19.7. The normalized spacial score (nSPS) is 18.8. The smallest absolute Gasteiger partial charge is 0.272 e. The van der Waals surface area contributed by atoms with Crippen molar-refractivity contribution in [2.24, 2.45) is 0 Å². The lowest BCUT2D eigenvalue weighted by atomic mass is 9.86. The standard InChI is InChI=1S/C20H18F2N4O2.ClH/c21-15-6-5-11(9-16(15)22)12-7-8-23-10-17(12)24-20(28)18-13-3-1-2-4-14(13)19(27)26-25-18;/h1-6,9,12,17,23H,7-8,10H2,(H,24,28)(H,26,27);1H. The van der Waals surface area contributed by atoms with E-state index in [4.69, 9.17) is 0 Å². The number of amides is 1. The quantitative estimate of drug-likeness (QED) is 0.607. The predicted octanol–water partition coefficient (Wildman–Crippen LogP) is 2.50. The fourth-order valence-corrected chi connectivity index (χ4v) is 3.68. The van der Waals surface area contributed by atoms with E-state index in [1.807, 2.05) is 0 Å². The number of halogens is 3. The molecule has 152 valence electrons. The zero-order valence-corrected chi connectivity index (χ0v) is 16.1. The Kier molecular flexibility index (Phi) is 6.24. The molecule has 0 radical (unpaired) electrons. The van der Waals surface area contributed by atoms with Crippen molar-refractivity contribution in [1.29, 1.82) is 0 Å². The number of rotatable bonds is 3. The van der Waals surface area contributed by atoms with Crippen LogP contribution in [0.4, 0.5) is 8.78 Å². The maximum absolute atomic E-state index is 13.7. The highest BCUT2D eigenvalue weighted by Gasteiger charge is 2.29. The fraction of sp³-hybridized carbons (Fsp3) is 0.250. The van der Waals surface area contributed by atoms with Crippen molar-refractivity contribution in [3.05, 3.63) is 75.7 Å². The van der Waals surface area contributed by atoms with Gasteiger partial charge in [-0.05, 0) is 36.7 Å². The summed E-state index contributed by atoms with van der Waals surface area (Å²) in [6.07, 6.45) is 0.663. The molecule has 0 aliphatic carbocycles. The van der Waals surface area contributed by atoms with E-state index in [-0.39, 0.29) is 35.6 Å². The largest absolute Gasteiger partial charge is 0.346 e. The second-order valence-corrected chi connectivity index (χ2v) is 6.80. The Morgan fingerprint density at radius 2 is 1.86 bits per heavy atom. The summed E-state index contributed by atoms with van der Waals surface area (Å²) in [5.74, 6) is -2.42. The third-order valence-electron chi connectivity index (χ3n) is 5.08. The van der Waals surface area contributed by atoms with Crippen LogP contribution in [0.1, 0.15) is 28.4 Å². The Morgan fingerprint density at radius 1 is 1.10 bits per heavy atom. The van der Waals surface area contributed by atoms with Crippen molar-refractivity contribution in [2.75, 3.05) is 13.1 Å². The van der Waals surface area contributed by atoms with Gasteiger partial charge in [-0.1, -0.05) is 24.3 Å². The van der Waals surface area contributed by atoms with Crippen molar-refractivity contribution in [3.63, 3.8) is 0 Å². The third-order valence-corrected chi connectivity index (χ3v) is 5.08. The number of hydrogen-bond donors (Lipinski definition) is 3. The molecule has 0 spiro atoms. The molecule has 1 fully saturated rings. The van der Waals surface area contributed by atoms with Gasteiger partial charge in [0.15, 0.2) is 17.3 Å². The predicted molar refractivity (Wildman–Crippen MR) is 107 cm³/mol. The van der Waals surface area contributed by atoms with Gasteiger partial charge in [0, 0.05) is 23.9 Å². The van der Waals surface area contributed by atoms with Gasteiger partial charge in [-0.25, -0.2) is 13.9 Å². The summed E-state index contributed by atoms with van der Waals surface area (Å²) >= 11 is 0. The molecule has 1 aromatic heterocycles. The second-order valence-electron chi connectivity index (χ2n) is 6.80. The first kappa shape index (κ1) is 20.9. The topological polar surface area (TPSA) is 86.9 Å². The van der Waals surface area contributed by atoms with E-state index in [0.717, 1.165) is 6.07 Å². The molecule has 2 heterocycles. The number of benzene rings is 2. The Balaban J connectivity index is 0.00000240. The summed E-state index contributed by atoms with van der Waals surface area (Å²) in [5, 5.41) is 13.2. The first-order valence-corrected chi connectivity index (χ1v) is 8.98. The van der Waals surface area contributed by atoms with Gasteiger partial charge in [0.05, 0.1) is 5.39 Å². The molecule has 29 heavy (non-hydrogen) atoms. The molecule has 2 unspecified atom stereocenters. The molecular formula is C20H19ClF2N4O2. The van der Waals surface area contributed by atoms with E-state index in [1.54, 1.807) is 30.3 Å². The first-order valence-electron chi connectivity index (χ1n) is 8.98. The van der Waals surface area contributed by atoms with Crippen LogP contribution in [0.15, 0.2) is 47.3 Å². The number of aromatic nitrogens is 2. The van der Waals surface area contributed by atoms with E-state index >= 15 is 0 Å². The number of piperidine rings is 1. The molecule has 6 nitrogen and oxygen atoms in total. The molecule has 1 aliphatic rings. The monoisotopic (exact) mass is 420 g/mol. The summed E-state index contributed by atoms with van der Waals surface area (Å²) in [6, 6.07) is 10.2. The lowest BCUT2D eigenvalue weighted by Gasteiger charge is -2.33. The zero-order valence-electron chi connectivity index (χ0n) is 15.2. The van der Waals surface area contributed by atoms with E-state index < -0.39 is 17.5 Å². The van der Waals surface area contributed by atoms with Gasteiger partial charge < -0.3 is 10.6 Å². The molecule has 9 heteroatoms. The average Bonchev–Trinajstić information content (AvgIpc) is 2.71. The van der Waals surface area contributed by atoms with Crippen LogP contribution in [0.25, 0.3) is 10.8 Å². The number of aromatic amines is 1. The third kappa shape index (κ3) is 4.13. The maximum Gasteiger partial charge on any atom is 0.272 e. The van der Waals surface area contributed by atoms with Crippen LogP contribution in [0.3, 0.4) is 0 Å². The average molecular weight is 421 g/mol. The Bertz CT molecular complexity index is 1110. The molecule has 3 N–H and O–H groups in total. The molecule has 2 aromatic carbocycles. The van der Waals surface area contributed by atoms with Crippen molar-refractivity contribution in [1.82, 2.24) is 20.8 Å². The van der Waals surface area contributed by atoms with Crippen molar-refractivity contribution in [2.45, 2.75) is 18.4 Å². The van der Waals surface area contributed by atoms with E-state index in [1.165, 1.54) is 6.07 Å². The summed E-state index contributed by atoms with van der Waals surface area (Å²) in [5.41, 5.74) is 0.376. The molecule has 2 atom stereocenters. The van der Waals surface area contributed by atoms with Crippen LogP contribution in [0, 0.1) is 11.6 Å². The van der Waals surface area contributed by atoms with Crippen molar-refractivity contribution < 1.29 is 13.6 Å². The lowest BCUT2D eigenvalue weighted by Crippen LogP contribution is -2.50. The molecule has 0 bridgehead atoms. The van der Waals surface area contributed by atoms with Crippen LogP contribution in [0.2, 0.25) is 0 Å². The Morgan fingerprint density at radius 3 is 2.62 bits per heavy atom. The number of fused-ring (bicyclic) bond motifs is 1. The molecule has 4 rings (SSSR count). The van der Waals surface area contributed by atoms with Gasteiger partial charge in [0.2, 0.25) is 0 Å². The van der Waals surface area contributed by atoms with Crippen LogP contribution in [-0.2, 0) is 0 Å². The van der Waals surface area contributed by atoms with E-state index in [9.17, 15) is 18.4 Å². The van der Waals surface area contributed by atoms with Gasteiger partial charge in [-0.15, -0.1) is 12.4 Å². The minimum atomic E-state index is -0.908. The summed E-state index contributed by atoms with van der Waals surface area (Å²) in [7, 11) is 0. The van der Waals surface area contributed by atoms with Gasteiger partial charge in [0.25, 0.3) is 11.5 Å². The Hall–Kier alpha value is -2.84. The number of carbonyl (C=O) groups excluding carboxylic acids is 1. The minimum absolute atomic E-state index is 0. The SMILES string of the molecule is Cl.O=C(NC1CNCCC1c1ccc(F)c(F)c1)c1n[nH]c(=O)c2ccccc12. The van der Waals surface area contributed by atoms with Gasteiger partial charge in [-0.3, -0.25) is 9.59 Å². The highest BCUT2D eigenvalue weighted by atomic mass is 35.5. The number of nitrogens with zero attached hydrogens (tertiary/aromatic N) is 1. The number of carbonyl (C=O) groups is 1. The maximum atomic E-state index is 13.7. The van der Waals surface area contributed by atoms with Gasteiger partial charge >= 0.3 is 0 Å². The minimum Gasteiger partial charge on any atom is -0.346 e. The van der Waals surface area contributed by atoms with Crippen LogP contribution in [-0.4, -0.2) is 35.2 Å². The fourth-order valence-electron chi connectivity index (χ4n) is 3.68. The molecular weight excluding hydrogens is 402 g/mol.